The minimum Gasteiger partial charge on any atom is -0.309 e. The summed E-state index contributed by atoms with van der Waals surface area (Å²) in [5, 5.41) is 13.0. The third-order valence-electron chi connectivity index (χ3n) is 3.21. The third-order valence-corrected chi connectivity index (χ3v) is 3.56. The van der Waals surface area contributed by atoms with Crippen LogP contribution in [0, 0.1) is 11.3 Å². The first-order valence-corrected chi connectivity index (χ1v) is 6.63. The number of rotatable bonds is 2. The monoisotopic (exact) mass is 263 g/mol. The summed E-state index contributed by atoms with van der Waals surface area (Å²) in [6.07, 6.45) is 0. The Bertz CT molecular complexity index is 457. The lowest BCUT2D eigenvalue weighted by atomic mass is 10.1. The van der Waals surface area contributed by atoms with Gasteiger partial charge in [-0.15, -0.1) is 0 Å². The van der Waals surface area contributed by atoms with E-state index < -0.39 is 0 Å². The van der Waals surface area contributed by atoms with Crippen molar-refractivity contribution in [2.45, 2.75) is 32.5 Å². The highest BCUT2D eigenvalue weighted by Gasteiger charge is 2.21. The highest BCUT2D eigenvalue weighted by Crippen LogP contribution is 2.20. The van der Waals surface area contributed by atoms with Gasteiger partial charge in [0, 0.05) is 36.7 Å². The van der Waals surface area contributed by atoms with Gasteiger partial charge in [-0.05, 0) is 31.5 Å². The molecule has 0 bridgehead atoms. The molecule has 0 radical (unpaired) electrons. The molecule has 1 aliphatic heterocycles. The van der Waals surface area contributed by atoms with Gasteiger partial charge in [0.25, 0.3) is 0 Å². The van der Waals surface area contributed by atoms with Gasteiger partial charge in [-0.25, -0.2) is 0 Å². The zero-order valence-corrected chi connectivity index (χ0v) is 11.5. The zero-order chi connectivity index (χ0) is 13.1. The second-order valence-corrected chi connectivity index (χ2v) is 5.49. The normalized spacial score (nSPS) is 24.8. The van der Waals surface area contributed by atoms with Gasteiger partial charge in [0.05, 0.1) is 11.6 Å². The molecule has 3 nitrogen and oxygen atoms in total. The van der Waals surface area contributed by atoms with E-state index in [9.17, 15) is 0 Å². The van der Waals surface area contributed by atoms with Crippen molar-refractivity contribution in [3.8, 4) is 6.07 Å². The number of nitrogens with zero attached hydrogens (tertiary/aromatic N) is 2. The van der Waals surface area contributed by atoms with Crippen LogP contribution in [0.25, 0.3) is 0 Å². The molecule has 4 heteroatoms. The lowest BCUT2D eigenvalue weighted by Crippen LogP contribution is -2.53. The van der Waals surface area contributed by atoms with Crippen molar-refractivity contribution in [3.05, 3.63) is 34.3 Å². The lowest BCUT2D eigenvalue weighted by molar-refractivity contribution is 0.166. The average molecular weight is 264 g/mol. The molecule has 2 rings (SSSR count). The number of hydrogen-bond acceptors (Lipinski definition) is 3. The van der Waals surface area contributed by atoms with Gasteiger partial charge in [0.2, 0.25) is 0 Å². The lowest BCUT2D eigenvalue weighted by Gasteiger charge is -2.36. The minimum atomic E-state index is 0.505. The standard InChI is InChI=1S/C14H18ClN3/c1-10-7-18(8-11(2)17-10)9-13-4-3-12(6-16)5-14(13)15/h3-5,10-11,17H,7-9H2,1-2H3. The molecule has 18 heavy (non-hydrogen) atoms. The fraction of sp³-hybridized carbons (Fsp3) is 0.500. The van der Waals surface area contributed by atoms with Crippen molar-refractivity contribution in [2.24, 2.45) is 0 Å². The van der Waals surface area contributed by atoms with Crippen molar-refractivity contribution < 1.29 is 0 Å². The molecule has 1 aliphatic rings. The first kappa shape index (κ1) is 13.4. The summed E-state index contributed by atoms with van der Waals surface area (Å²) in [4.78, 5) is 2.40. The van der Waals surface area contributed by atoms with Crippen molar-refractivity contribution in [3.63, 3.8) is 0 Å². The maximum absolute atomic E-state index is 8.82. The third kappa shape index (κ3) is 3.23. The maximum Gasteiger partial charge on any atom is 0.0992 e. The molecule has 0 saturated carbocycles. The van der Waals surface area contributed by atoms with Crippen LogP contribution in [0.5, 0.6) is 0 Å². The Kier molecular flexibility index (Phi) is 4.23. The molecule has 0 spiro atoms. The van der Waals surface area contributed by atoms with E-state index in [0.717, 1.165) is 25.2 Å². The topological polar surface area (TPSA) is 39.1 Å². The van der Waals surface area contributed by atoms with E-state index >= 15 is 0 Å². The second-order valence-electron chi connectivity index (χ2n) is 5.08. The van der Waals surface area contributed by atoms with E-state index in [1.165, 1.54) is 0 Å². The molecule has 2 atom stereocenters. The molecule has 1 aromatic rings. The summed E-state index contributed by atoms with van der Waals surface area (Å²) in [6.45, 7) is 7.30. The molecule has 0 aromatic heterocycles. The SMILES string of the molecule is CC1CN(Cc2ccc(C#N)cc2Cl)CC(C)N1. The fourth-order valence-electron chi connectivity index (χ4n) is 2.56. The Labute approximate surface area is 113 Å². The van der Waals surface area contributed by atoms with Gasteiger partial charge in [0.15, 0.2) is 0 Å². The van der Waals surface area contributed by atoms with Gasteiger partial charge in [-0.1, -0.05) is 17.7 Å². The Morgan fingerprint density at radius 3 is 2.61 bits per heavy atom. The van der Waals surface area contributed by atoms with Crippen LogP contribution < -0.4 is 5.32 Å². The van der Waals surface area contributed by atoms with E-state index in [1.807, 2.05) is 12.1 Å². The summed E-state index contributed by atoms with van der Waals surface area (Å²) >= 11 is 6.21. The van der Waals surface area contributed by atoms with E-state index in [0.29, 0.717) is 22.7 Å². The van der Waals surface area contributed by atoms with Crippen molar-refractivity contribution in [1.29, 1.82) is 5.26 Å². The minimum absolute atomic E-state index is 0.505. The van der Waals surface area contributed by atoms with Crippen molar-refractivity contribution in [1.82, 2.24) is 10.2 Å². The predicted octanol–water partition coefficient (Wildman–Crippen LogP) is 2.39. The highest BCUT2D eigenvalue weighted by molar-refractivity contribution is 6.31. The van der Waals surface area contributed by atoms with Crippen LogP contribution in [0.3, 0.4) is 0 Å². The molecule has 0 amide bonds. The predicted molar refractivity (Wildman–Crippen MR) is 73.5 cm³/mol. The van der Waals surface area contributed by atoms with Crippen LogP contribution in [0.4, 0.5) is 0 Å². The number of nitriles is 1. The summed E-state index contributed by atoms with van der Waals surface area (Å²) < 4.78 is 0. The van der Waals surface area contributed by atoms with E-state index in [4.69, 9.17) is 16.9 Å². The maximum atomic E-state index is 8.82. The Morgan fingerprint density at radius 2 is 2.06 bits per heavy atom. The zero-order valence-electron chi connectivity index (χ0n) is 10.8. The van der Waals surface area contributed by atoms with Gasteiger partial charge in [0.1, 0.15) is 0 Å². The first-order chi connectivity index (χ1) is 8.58. The number of benzene rings is 1. The quantitative estimate of drug-likeness (QED) is 0.891. The number of hydrogen-bond donors (Lipinski definition) is 1. The summed E-state index contributed by atoms with van der Waals surface area (Å²) in [5.41, 5.74) is 1.71. The molecule has 1 saturated heterocycles. The Balaban J connectivity index is 2.07. The van der Waals surface area contributed by atoms with Crippen molar-refractivity contribution >= 4 is 11.6 Å². The van der Waals surface area contributed by atoms with Gasteiger partial charge < -0.3 is 5.32 Å². The summed E-state index contributed by atoms with van der Waals surface area (Å²) in [5.74, 6) is 0. The first-order valence-electron chi connectivity index (χ1n) is 6.25. The molecule has 1 N–H and O–H groups in total. The van der Waals surface area contributed by atoms with Gasteiger partial charge in [-0.3, -0.25) is 4.90 Å². The van der Waals surface area contributed by atoms with Crippen molar-refractivity contribution in [2.75, 3.05) is 13.1 Å². The fourth-order valence-corrected chi connectivity index (χ4v) is 2.80. The number of nitrogens with one attached hydrogen (secondary N) is 1. The average Bonchev–Trinajstić information content (AvgIpc) is 2.30. The van der Waals surface area contributed by atoms with E-state index in [1.54, 1.807) is 6.07 Å². The molecule has 96 valence electrons. The Morgan fingerprint density at radius 1 is 1.39 bits per heavy atom. The van der Waals surface area contributed by atoms with Crippen LogP contribution in [0.1, 0.15) is 25.0 Å². The molecular weight excluding hydrogens is 246 g/mol. The van der Waals surface area contributed by atoms with Crippen LogP contribution >= 0.6 is 11.6 Å². The molecule has 1 aromatic carbocycles. The number of halogens is 1. The van der Waals surface area contributed by atoms with Crippen LogP contribution in [0.2, 0.25) is 5.02 Å². The molecule has 1 heterocycles. The highest BCUT2D eigenvalue weighted by atomic mass is 35.5. The molecular formula is C14H18ClN3. The largest absolute Gasteiger partial charge is 0.309 e. The molecule has 1 fully saturated rings. The van der Waals surface area contributed by atoms with Gasteiger partial charge >= 0.3 is 0 Å². The smallest absolute Gasteiger partial charge is 0.0992 e. The molecule has 0 aliphatic carbocycles. The summed E-state index contributed by atoms with van der Waals surface area (Å²) in [6, 6.07) is 8.64. The number of piperazine rings is 1. The van der Waals surface area contributed by atoms with Crippen LogP contribution in [-0.2, 0) is 6.54 Å². The van der Waals surface area contributed by atoms with Gasteiger partial charge in [-0.2, -0.15) is 5.26 Å². The van der Waals surface area contributed by atoms with E-state index in [-0.39, 0.29) is 0 Å². The second kappa shape index (κ2) is 5.71. The van der Waals surface area contributed by atoms with E-state index in [2.05, 4.69) is 30.1 Å². The molecule has 2 unspecified atom stereocenters. The van der Waals surface area contributed by atoms with Crippen LogP contribution in [0.15, 0.2) is 18.2 Å². The van der Waals surface area contributed by atoms with Crippen LogP contribution in [-0.4, -0.2) is 30.1 Å². The Hall–Kier alpha value is -1.08. The summed E-state index contributed by atoms with van der Waals surface area (Å²) in [7, 11) is 0.